The van der Waals surface area contributed by atoms with Crippen LogP contribution in [-0.4, -0.2) is 25.0 Å². The molecule has 27 heavy (non-hydrogen) atoms. The second-order valence-corrected chi connectivity index (χ2v) is 7.36. The summed E-state index contributed by atoms with van der Waals surface area (Å²) >= 11 is 0. The Bertz CT molecular complexity index is 909. The van der Waals surface area contributed by atoms with E-state index in [9.17, 15) is 9.59 Å². The van der Waals surface area contributed by atoms with Crippen LogP contribution in [-0.2, 0) is 15.1 Å². The molecule has 2 aliphatic heterocycles. The molecule has 2 amide bonds. The van der Waals surface area contributed by atoms with E-state index in [0.717, 1.165) is 22.6 Å². The predicted octanol–water partition coefficient (Wildman–Crippen LogP) is 2.79. The highest BCUT2D eigenvalue weighted by molar-refractivity contribution is 6.10. The normalized spacial score (nSPS) is 26.0. The molecule has 1 saturated heterocycles. The number of carbonyl (C=O) groups is 2. The number of hydrogen-bond acceptors (Lipinski definition) is 4. The van der Waals surface area contributed by atoms with Crippen LogP contribution in [0.15, 0.2) is 42.5 Å². The van der Waals surface area contributed by atoms with Gasteiger partial charge in [-0.25, -0.2) is 0 Å². The summed E-state index contributed by atoms with van der Waals surface area (Å²) in [7, 11) is 1.60. The largest absolute Gasteiger partial charge is 0.497 e. The summed E-state index contributed by atoms with van der Waals surface area (Å²) in [6, 6.07) is 13.1. The minimum atomic E-state index is -1.03. The standard InChI is InChI=1S/C21H23N3O3/c1-12-4-9-18-16(10-12)21(20(26)23-18)17(11-13(2)24-21)19(25)22-14-5-7-15(27-3)8-6-14/h4-10,13,17,24H,11H2,1-3H3,(H,22,25)(H,23,26)/t13-,17+,21-/m0/s1. The summed E-state index contributed by atoms with van der Waals surface area (Å²) in [6.07, 6.45) is 0.586. The molecule has 2 aromatic carbocycles. The van der Waals surface area contributed by atoms with Crippen molar-refractivity contribution in [2.75, 3.05) is 17.7 Å². The van der Waals surface area contributed by atoms with Crippen LogP contribution in [0.5, 0.6) is 5.75 Å². The van der Waals surface area contributed by atoms with Gasteiger partial charge in [0.05, 0.1) is 13.0 Å². The fourth-order valence-electron chi connectivity index (χ4n) is 4.21. The fourth-order valence-corrected chi connectivity index (χ4v) is 4.21. The van der Waals surface area contributed by atoms with E-state index < -0.39 is 11.5 Å². The van der Waals surface area contributed by atoms with Gasteiger partial charge in [-0.15, -0.1) is 0 Å². The number of benzene rings is 2. The van der Waals surface area contributed by atoms with Gasteiger partial charge in [0.1, 0.15) is 11.3 Å². The molecular formula is C21H23N3O3. The van der Waals surface area contributed by atoms with Gasteiger partial charge in [0.25, 0.3) is 0 Å². The molecule has 1 spiro atoms. The Hall–Kier alpha value is -2.86. The molecule has 0 aromatic heterocycles. The minimum Gasteiger partial charge on any atom is -0.497 e. The molecule has 0 aliphatic carbocycles. The van der Waals surface area contributed by atoms with E-state index >= 15 is 0 Å². The highest BCUT2D eigenvalue weighted by Gasteiger charge is 2.59. The molecule has 0 saturated carbocycles. The SMILES string of the molecule is COc1ccc(NC(=O)[C@H]2C[C@H](C)N[C@]23C(=O)Nc2ccc(C)cc23)cc1. The first-order chi connectivity index (χ1) is 12.9. The third kappa shape index (κ3) is 2.77. The lowest BCUT2D eigenvalue weighted by Crippen LogP contribution is -2.52. The lowest BCUT2D eigenvalue weighted by atomic mass is 9.79. The molecule has 4 rings (SSSR count). The number of methoxy groups -OCH3 is 1. The summed E-state index contributed by atoms with van der Waals surface area (Å²) in [5.41, 5.74) is 2.33. The molecule has 0 bridgehead atoms. The number of hydrogen-bond donors (Lipinski definition) is 3. The van der Waals surface area contributed by atoms with Crippen LogP contribution < -0.4 is 20.7 Å². The minimum absolute atomic E-state index is 0.0498. The molecule has 3 N–H and O–H groups in total. The van der Waals surface area contributed by atoms with Crippen LogP contribution in [0.3, 0.4) is 0 Å². The van der Waals surface area contributed by atoms with Crippen molar-refractivity contribution in [3.8, 4) is 5.75 Å². The summed E-state index contributed by atoms with van der Waals surface area (Å²) in [5, 5.41) is 9.31. The molecule has 2 aromatic rings. The van der Waals surface area contributed by atoms with Gasteiger partial charge in [-0.3, -0.25) is 14.9 Å². The number of fused-ring (bicyclic) bond motifs is 2. The van der Waals surface area contributed by atoms with Gasteiger partial charge in [-0.1, -0.05) is 17.7 Å². The Morgan fingerprint density at radius 1 is 1.22 bits per heavy atom. The predicted molar refractivity (Wildman–Crippen MR) is 104 cm³/mol. The van der Waals surface area contributed by atoms with Crippen molar-refractivity contribution in [2.45, 2.75) is 31.8 Å². The van der Waals surface area contributed by atoms with E-state index in [1.807, 2.05) is 32.0 Å². The number of nitrogens with one attached hydrogen (secondary N) is 3. The van der Waals surface area contributed by atoms with Crippen molar-refractivity contribution in [3.63, 3.8) is 0 Å². The van der Waals surface area contributed by atoms with Gasteiger partial charge in [-0.05, 0) is 50.6 Å². The molecule has 1 fully saturated rings. The maximum atomic E-state index is 13.2. The van der Waals surface area contributed by atoms with E-state index in [1.54, 1.807) is 31.4 Å². The van der Waals surface area contributed by atoms with Gasteiger partial charge in [-0.2, -0.15) is 0 Å². The maximum absolute atomic E-state index is 13.2. The highest BCUT2D eigenvalue weighted by atomic mass is 16.5. The summed E-state index contributed by atoms with van der Waals surface area (Å²) in [4.78, 5) is 26.1. The lowest BCUT2D eigenvalue weighted by Gasteiger charge is -2.29. The van der Waals surface area contributed by atoms with E-state index in [0.29, 0.717) is 12.1 Å². The first-order valence-corrected chi connectivity index (χ1v) is 9.09. The van der Waals surface area contributed by atoms with Crippen molar-refractivity contribution in [2.24, 2.45) is 5.92 Å². The zero-order chi connectivity index (χ0) is 19.2. The number of carbonyl (C=O) groups excluding carboxylic acids is 2. The first kappa shape index (κ1) is 17.5. The number of aryl methyl sites for hydroxylation is 1. The third-order valence-electron chi connectivity index (χ3n) is 5.47. The van der Waals surface area contributed by atoms with Crippen LogP contribution in [0.25, 0.3) is 0 Å². The molecule has 0 radical (unpaired) electrons. The molecule has 3 atom stereocenters. The first-order valence-electron chi connectivity index (χ1n) is 9.09. The van der Waals surface area contributed by atoms with E-state index in [-0.39, 0.29) is 17.9 Å². The summed E-state index contributed by atoms with van der Waals surface area (Å²) in [5.74, 6) is -0.110. The van der Waals surface area contributed by atoms with Crippen LogP contribution in [0.2, 0.25) is 0 Å². The highest BCUT2D eigenvalue weighted by Crippen LogP contribution is 2.47. The Labute approximate surface area is 158 Å². The maximum Gasteiger partial charge on any atom is 0.250 e. The summed E-state index contributed by atoms with van der Waals surface area (Å²) < 4.78 is 5.15. The Balaban J connectivity index is 1.68. The van der Waals surface area contributed by atoms with Crippen molar-refractivity contribution < 1.29 is 14.3 Å². The quantitative estimate of drug-likeness (QED) is 0.781. The third-order valence-corrected chi connectivity index (χ3v) is 5.47. The Kier molecular flexibility index (Phi) is 4.15. The van der Waals surface area contributed by atoms with Crippen LogP contribution in [0.1, 0.15) is 24.5 Å². The van der Waals surface area contributed by atoms with Gasteiger partial charge >= 0.3 is 0 Å². The average molecular weight is 365 g/mol. The van der Waals surface area contributed by atoms with Gasteiger partial charge in [0.2, 0.25) is 11.8 Å². The van der Waals surface area contributed by atoms with Crippen LogP contribution in [0, 0.1) is 12.8 Å². The van der Waals surface area contributed by atoms with Crippen molar-refractivity contribution >= 4 is 23.2 Å². The van der Waals surface area contributed by atoms with Crippen molar-refractivity contribution in [3.05, 3.63) is 53.6 Å². The monoisotopic (exact) mass is 365 g/mol. The fraction of sp³-hybridized carbons (Fsp3) is 0.333. The number of anilines is 2. The van der Waals surface area contributed by atoms with E-state index in [4.69, 9.17) is 4.74 Å². The van der Waals surface area contributed by atoms with Gasteiger partial charge in [0.15, 0.2) is 0 Å². The zero-order valence-corrected chi connectivity index (χ0v) is 15.6. The topological polar surface area (TPSA) is 79.5 Å². The number of ether oxygens (including phenoxy) is 1. The smallest absolute Gasteiger partial charge is 0.250 e. The van der Waals surface area contributed by atoms with Gasteiger partial charge < -0.3 is 15.4 Å². The van der Waals surface area contributed by atoms with Crippen LogP contribution >= 0.6 is 0 Å². The summed E-state index contributed by atoms with van der Waals surface area (Å²) in [6.45, 7) is 3.99. The molecule has 6 nitrogen and oxygen atoms in total. The number of amides is 2. The molecule has 2 aliphatic rings. The van der Waals surface area contributed by atoms with Crippen LogP contribution in [0.4, 0.5) is 11.4 Å². The van der Waals surface area contributed by atoms with Crippen molar-refractivity contribution in [1.82, 2.24) is 5.32 Å². The van der Waals surface area contributed by atoms with Gasteiger partial charge in [0, 0.05) is 23.0 Å². The Morgan fingerprint density at radius 2 is 1.96 bits per heavy atom. The zero-order valence-electron chi connectivity index (χ0n) is 15.6. The van der Waals surface area contributed by atoms with E-state index in [2.05, 4.69) is 16.0 Å². The molecule has 2 heterocycles. The molecule has 6 heteroatoms. The second-order valence-electron chi connectivity index (χ2n) is 7.36. The molecule has 0 unspecified atom stereocenters. The number of rotatable bonds is 3. The molecule has 140 valence electrons. The second kappa shape index (κ2) is 6.39. The molecular weight excluding hydrogens is 342 g/mol. The Morgan fingerprint density at radius 3 is 2.67 bits per heavy atom. The van der Waals surface area contributed by atoms with E-state index in [1.165, 1.54) is 0 Å². The lowest BCUT2D eigenvalue weighted by molar-refractivity contribution is -0.130. The average Bonchev–Trinajstić information content (AvgIpc) is 3.14. The van der Waals surface area contributed by atoms with Crippen molar-refractivity contribution in [1.29, 1.82) is 0 Å².